The number of amides is 1. The predicted molar refractivity (Wildman–Crippen MR) is 90.8 cm³/mol. The van der Waals surface area contributed by atoms with Gasteiger partial charge in [0.2, 0.25) is 0 Å². The normalized spacial score (nSPS) is 10.7. The van der Waals surface area contributed by atoms with Crippen LogP contribution in [0, 0.1) is 6.92 Å². The smallest absolute Gasteiger partial charge is 0.272 e. The number of carbonyl (C=O) groups excluding carboxylic acids is 1. The van der Waals surface area contributed by atoms with Crippen LogP contribution in [0.1, 0.15) is 23.0 Å². The number of nitrogens with zero attached hydrogens (tertiary/aromatic N) is 2. The molecule has 0 bridgehead atoms. The van der Waals surface area contributed by atoms with Gasteiger partial charge in [-0.05, 0) is 43.5 Å². The molecule has 0 spiro atoms. The molecule has 1 amide bonds. The van der Waals surface area contributed by atoms with Crippen LogP contribution in [0.3, 0.4) is 0 Å². The maximum atomic E-state index is 12.7. The van der Waals surface area contributed by atoms with Crippen LogP contribution in [0.25, 0.3) is 10.8 Å². The molecule has 1 N–H and O–H groups in total. The second-order valence-electron chi connectivity index (χ2n) is 5.36. The van der Waals surface area contributed by atoms with Crippen molar-refractivity contribution in [1.82, 2.24) is 9.55 Å². The van der Waals surface area contributed by atoms with Gasteiger partial charge in [-0.3, -0.25) is 14.6 Å². The molecule has 2 aromatic heterocycles. The zero-order valence-electron chi connectivity index (χ0n) is 13.0. The fourth-order valence-corrected chi connectivity index (χ4v) is 2.59. The molecule has 5 nitrogen and oxygen atoms in total. The second kappa shape index (κ2) is 6.04. The lowest BCUT2D eigenvalue weighted by molar-refractivity contribution is 0.101. The zero-order valence-corrected chi connectivity index (χ0v) is 13.0. The first kappa shape index (κ1) is 15.0. The molecule has 2 heterocycles. The lowest BCUT2D eigenvalue weighted by Crippen LogP contribution is -2.28. The van der Waals surface area contributed by atoms with E-state index in [1.807, 2.05) is 32.0 Å². The van der Waals surface area contributed by atoms with Crippen LogP contribution in [0.5, 0.6) is 0 Å². The van der Waals surface area contributed by atoms with E-state index in [9.17, 15) is 9.59 Å². The first-order chi connectivity index (χ1) is 11.1. The van der Waals surface area contributed by atoms with Crippen LogP contribution < -0.4 is 10.9 Å². The Kier molecular flexibility index (Phi) is 3.93. The first-order valence-electron chi connectivity index (χ1n) is 7.45. The van der Waals surface area contributed by atoms with Gasteiger partial charge in [0.05, 0.1) is 0 Å². The first-order valence-corrected chi connectivity index (χ1v) is 7.45. The Morgan fingerprint density at radius 3 is 2.61 bits per heavy atom. The molecule has 3 rings (SSSR count). The average Bonchev–Trinajstić information content (AvgIpc) is 2.56. The summed E-state index contributed by atoms with van der Waals surface area (Å²) in [6.07, 6.45) is 3.21. The topological polar surface area (TPSA) is 64.0 Å². The Balaban J connectivity index is 2.11. The number of anilines is 1. The summed E-state index contributed by atoms with van der Waals surface area (Å²) in [4.78, 5) is 29.1. The highest BCUT2D eigenvalue weighted by Crippen LogP contribution is 2.16. The molecule has 23 heavy (non-hydrogen) atoms. The summed E-state index contributed by atoms with van der Waals surface area (Å²) < 4.78 is 1.50. The van der Waals surface area contributed by atoms with Gasteiger partial charge in [-0.2, -0.15) is 0 Å². The van der Waals surface area contributed by atoms with E-state index in [4.69, 9.17) is 0 Å². The molecule has 0 aliphatic rings. The molecule has 0 saturated carbocycles. The van der Waals surface area contributed by atoms with Gasteiger partial charge in [0.25, 0.3) is 11.5 Å². The van der Waals surface area contributed by atoms with Crippen molar-refractivity contribution in [3.8, 4) is 0 Å². The van der Waals surface area contributed by atoms with Crippen molar-refractivity contribution < 1.29 is 4.79 Å². The Bertz CT molecular complexity index is 930. The van der Waals surface area contributed by atoms with Crippen molar-refractivity contribution in [2.45, 2.75) is 20.4 Å². The maximum Gasteiger partial charge on any atom is 0.272 e. The third kappa shape index (κ3) is 2.85. The minimum Gasteiger partial charge on any atom is -0.321 e. The van der Waals surface area contributed by atoms with Crippen molar-refractivity contribution in [3.05, 3.63) is 70.4 Å². The van der Waals surface area contributed by atoms with Gasteiger partial charge in [0.1, 0.15) is 5.69 Å². The molecule has 3 aromatic rings. The zero-order chi connectivity index (χ0) is 16.4. The van der Waals surface area contributed by atoms with Crippen molar-refractivity contribution in [2.75, 3.05) is 5.32 Å². The highest BCUT2D eigenvalue weighted by Gasteiger charge is 2.15. The van der Waals surface area contributed by atoms with Gasteiger partial charge >= 0.3 is 0 Å². The number of benzene rings is 1. The molecule has 1 aromatic carbocycles. The number of aryl methyl sites for hydroxylation is 1. The van der Waals surface area contributed by atoms with Gasteiger partial charge in [-0.1, -0.05) is 17.7 Å². The summed E-state index contributed by atoms with van der Waals surface area (Å²) in [5, 5.41) is 4.20. The number of aromatic nitrogens is 2. The maximum absolute atomic E-state index is 12.7. The molecule has 0 fully saturated rings. The summed E-state index contributed by atoms with van der Waals surface area (Å²) in [6, 6.07) is 10.8. The molecule has 0 radical (unpaired) electrons. The second-order valence-corrected chi connectivity index (χ2v) is 5.36. The molecular formula is C18H17N3O2. The summed E-state index contributed by atoms with van der Waals surface area (Å²) >= 11 is 0. The molecular weight excluding hydrogens is 290 g/mol. The Labute approximate surface area is 133 Å². The fourth-order valence-electron chi connectivity index (χ4n) is 2.59. The minimum atomic E-state index is -0.308. The molecule has 5 heteroatoms. The number of rotatable bonds is 3. The molecule has 116 valence electrons. The number of fused-ring (bicyclic) bond motifs is 1. The van der Waals surface area contributed by atoms with Crippen LogP contribution >= 0.6 is 0 Å². The van der Waals surface area contributed by atoms with Gasteiger partial charge in [-0.25, -0.2) is 0 Å². The van der Waals surface area contributed by atoms with Crippen LogP contribution in [-0.2, 0) is 6.54 Å². The standard InChI is InChI=1S/C18H17N3O2/c1-3-21-16(17(22)20-14-6-8-19-9-7-14)11-13-5-4-12(2)10-15(13)18(21)23/h4-11H,3H2,1-2H3,(H,19,20,22). The number of hydrogen-bond acceptors (Lipinski definition) is 3. The number of nitrogens with one attached hydrogen (secondary N) is 1. The molecule has 0 unspecified atom stereocenters. The minimum absolute atomic E-state index is 0.145. The van der Waals surface area contributed by atoms with Gasteiger partial charge < -0.3 is 9.88 Å². The van der Waals surface area contributed by atoms with E-state index in [1.54, 1.807) is 30.6 Å². The van der Waals surface area contributed by atoms with E-state index in [2.05, 4.69) is 10.3 Å². The van der Waals surface area contributed by atoms with Crippen LogP contribution in [0.4, 0.5) is 5.69 Å². The number of carbonyl (C=O) groups is 1. The Morgan fingerprint density at radius 1 is 1.17 bits per heavy atom. The van der Waals surface area contributed by atoms with Gasteiger partial charge in [0.15, 0.2) is 0 Å². The lowest BCUT2D eigenvalue weighted by atomic mass is 10.1. The summed E-state index contributed by atoms with van der Waals surface area (Å²) in [6.45, 7) is 4.23. The van der Waals surface area contributed by atoms with E-state index in [0.29, 0.717) is 23.3 Å². The number of pyridine rings is 2. The predicted octanol–water partition coefficient (Wildman–Crippen LogP) is 2.98. The highest BCUT2D eigenvalue weighted by molar-refractivity contribution is 6.05. The lowest BCUT2D eigenvalue weighted by Gasteiger charge is -2.13. The summed E-state index contributed by atoms with van der Waals surface area (Å²) in [5.74, 6) is -0.308. The van der Waals surface area contributed by atoms with E-state index >= 15 is 0 Å². The van der Waals surface area contributed by atoms with E-state index in [1.165, 1.54) is 4.57 Å². The van der Waals surface area contributed by atoms with E-state index < -0.39 is 0 Å². The highest BCUT2D eigenvalue weighted by atomic mass is 16.2. The van der Waals surface area contributed by atoms with E-state index in [-0.39, 0.29) is 11.5 Å². The van der Waals surface area contributed by atoms with Crippen LogP contribution in [0.15, 0.2) is 53.6 Å². The molecule has 0 aliphatic carbocycles. The van der Waals surface area contributed by atoms with Crippen molar-refractivity contribution in [1.29, 1.82) is 0 Å². The van der Waals surface area contributed by atoms with Gasteiger partial charge in [0, 0.05) is 30.0 Å². The SMILES string of the molecule is CCn1c(C(=O)Nc2ccncc2)cc2ccc(C)cc2c1=O. The molecule has 0 aliphatic heterocycles. The van der Waals surface area contributed by atoms with Crippen molar-refractivity contribution in [2.24, 2.45) is 0 Å². The number of hydrogen-bond donors (Lipinski definition) is 1. The average molecular weight is 307 g/mol. The summed E-state index contributed by atoms with van der Waals surface area (Å²) in [7, 11) is 0. The van der Waals surface area contributed by atoms with Crippen molar-refractivity contribution >= 4 is 22.4 Å². The Morgan fingerprint density at radius 2 is 1.91 bits per heavy atom. The van der Waals surface area contributed by atoms with Crippen LogP contribution in [0.2, 0.25) is 0 Å². The van der Waals surface area contributed by atoms with Crippen molar-refractivity contribution in [3.63, 3.8) is 0 Å². The quantitative estimate of drug-likeness (QED) is 0.809. The summed E-state index contributed by atoms with van der Waals surface area (Å²) in [5.41, 5.74) is 1.87. The van der Waals surface area contributed by atoms with Gasteiger partial charge in [-0.15, -0.1) is 0 Å². The van der Waals surface area contributed by atoms with Crippen LogP contribution in [-0.4, -0.2) is 15.5 Å². The fraction of sp³-hybridized carbons (Fsp3) is 0.167. The largest absolute Gasteiger partial charge is 0.321 e. The molecule has 0 saturated heterocycles. The molecule has 0 atom stereocenters. The Hall–Kier alpha value is -2.95. The third-order valence-electron chi connectivity index (χ3n) is 3.75. The third-order valence-corrected chi connectivity index (χ3v) is 3.75. The monoisotopic (exact) mass is 307 g/mol. The van der Waals surface area contributed by atoms with E-state index in [0.717, 1.165) is 10.9 Å².